The monoisotopic (exact) mass is 233 g/mol. The van der Waals surface area contributed by atoms with Crippen LogP contribution in [0.3, 0.4) is 0 Å². The molecular weight excluding hydrogens is 224 g/mol. The van der Waals surface area contributed by atoms with E-state index in [0.29, 0.717) is 12.8 Å². The fourth-order valence-corrected chi connectivity index (χ4v) is 2.56. The quantitative estimate of drug-likeness (QED) is 0.866. The highest BCUT2D eigenvalue weighted by Crippen LogP contribution is 2.29. The number of rotatable bonds is 3. The number of nitrogens with one attached hydrogen (secondary N) is 1. The van der Waals surface area contributed by atoms with Crippen molar-refractivity contribution in [1.82, 2.24) is 0 Å². The van der Waals surface area contributed by atoms with Gasteiger partial charge in [0.2, 0.25) is 10.0 Å². The van der Waals surface area contributed by atoms with Crippen LogP contribution >= 0.6 is 0 Å². The summed E-state index contributed by atoms with van der Waals surface area (Å²) in [4.78, 5) is 0. The van der Waals surface area contributed by atoms with E-state index in [-0.39, 0.29) is 10.9 Å². The third kappa shape index (κ3) is 2.26. The van der Waals surface area contributed by atoms with Crippen molar-refractivity contribution in [3.05, 3.63) is 29.8 Å². The predicted molar refractivity (Wildman–Crippen MR) is 51.9 cm³/mol. The molecule has 1 aliphatic rings. The van der Waals surface area contributed by atoms with E-state index >= 15 is 0 Å². The van der Waals surface area contributed by atoms with Crippen molar-refractivity contribution < 1.29 is 17.2 Å². The Morgan fingerprint density at radius 2 is 1.87 bits per heavy atom. The molecule has 3 nitrogen and oxygen atoms in total. The van der Waals surface area contributed by atoms with Gasteiger partial charge in [0, 0.05) is 6.07 Å². The second-order valence-corrected chi connectivity index (χ2v) is 5.44. The summed E-state index contributed by atoms with van der Waals surface area (Å²) in [7, 11) is -3.41. The van der Waals surface area contributed by atoms with Crippen molar-refractivity contribution in [2.45, 2.75) is 18.1 Å². The van der Waals surface area contributed by atoms with Crippen LogP contribution in [0.25, 0.3) is 0 Å². The second-order valence-electron chi connectivity index (χ2n) is 3.48. The average molecular weight is 233 g/mol. The second kappa shape index (κ2) is 3.44. The summed E-state index contributed by atoms with van der Waals surface area (Å²) in [5, 5.41) is -0.384. The average Bonchev–Trinajstić information content (AvgIpc) is 2.93. The molecule has 15 heavy (non-hydrogen) atoms. The third-order valence-corrected chi connectivity index (χ3v) is 4.01. The van der Waals surface area contributed by atoms with Crippen LogP contribution in [-0.4, -0.2) is 13.7 Å². The van der Waals surface area contributed by atoms with E-state index in [0.717, 1.165) is 12.1 Å². The normalized spacial score (nSPS) is 16.4. The molecule has 1 N–H and O–H groups in total. The van der Waals surface area contributed by atoms with E-state index in [1.54, 1.807) is 0 Å². The Morgan fingerprint density at radius 1 is 1.20 bits per heavy atom. The van der Waals surface area contributed by atoms with Crippen LogP contribution in [-0.2, 0) is 10.0 Å². The largest absolute Gasteiger partial charge is 0.283 e. The number of halogens is 2. The van der Waals surface area contributed by atoms with E-state index in [1.165, 1.54) is 6.07 Å². The SMILES string of the molecule is O=S(=O)(Nc1ccc(F)c(F)c1)C1CC1. The number of hydrogen-bond acceptors (Lipinski definition) is 2. The molecule has 0 heterocycles. The first-order valence-electron chi connectivity index (χ1n) is 4.46. The number of anilines is 1. The summed E-state index contributed by atoms with van der Waals surface area (Å²) in [6, 6.07) is 2.91. The van der Waals surface area contributed by atoms with Gasteiger partial charge in [-0.05, 0) is 25.0 Å². The Kier molecular flexibility index (Phi) is 2.38. The number of hydrogen-bond donors (Lipinski definition) is 1. The zero-order chi connectivity index (χ0) is 11.1. The Hall–Kier alpha value is -1.17. The smallest absolute Gasteiger partial charge is 0.235 e. The van der Waals surface area contributed by atoms with E-state index in [4.69, 9.17) is 0 Å². The van der Waals surface area contributed by atoms with Crippen LogP contribution < -0.4 is 4.72 Å². The molecular formula is C9H9F2NO2S. The molecule has 0 amide bonds. The minimum atomic E-state index is -3.41. The lowest BCUT2D eigenvalue weighted by Crippen LogP contribution is -2.17. The summed E-state index contributed by atoms with van der Waals surface area (Å²) in [5.74, 6) is -2.06. The topological polar surface area (TPSA) is 46.2 Å². The fourth-order valence-electron chi connectivity index (χ4n) is 1.19. The maximum atomic E-state index is 12.8. The van der Waals surface area contributed by atoms with Gasteiger partial charge in [-0.2, -0.15) is 0 Å². The predicted octanol–water partition coefficient (Wildman–Crippen LogP) is 1.87. The van der Waals surface area contributed by atoms with E-state index in [1.807, 2.05) is 0 Å². The summed E-state index contributed by atoms with van der Waals surface area (Å²) < 4.78 is 50.4. The molecule has 82 valence electrons. The van der Waals surface area contributed by atoms with Gasteiger partial charge in [-0.25, -0.2) is 17.2 Å². The molecule has 1 saturated carbocycles. The van der Waals surface area contributed by atoms with Crippen molar-refractivity contribution in [1.29, 1.82) is 0 Å². The Bertz CT molecular complexity index is 483. The van der Waals surface area contributed by atoms with Crippen molar-refractivity contribution in [2.24, 2.45) is 0 Å². The molecule has 0 bridgehead atoms. The summed E-state index contributed by atoms with van der Waals surface area (Å²) in [6.07, 6.45) is 1.25. The molecule has 1 aromatic carbocycles. The fraction of sp³-hybridized carbons (Fsp3) is 0.333. The van der Waals surface area contributed by atoms with Crippen molar-refractivity contribution in [2.75, 3.05) is 4.72 Å². The highest BCUT2D eigenvalue weighted by molar-refractivity contribution is 7.93. The zero-order valence-electron chi connectivity index (χ0n) is 7.70. The van der Waals surface area contributed by atoms with Gasteiger partial charge >= 0.3 is 0 Å². The lowest BCUT2D eigenvalue weighted by molar-refractivity contribution is 0.509. The molecule has 2 rings (SSSR count). The molecule has 0 aliphatic heterocycles. The lowest BCUT2D eigenvalue weighted by Gasteiger charge is -2.06. The van der Waals surface area contributed by atoms with Gasteiger partial charge in [0.25, 0.3) is 0 Å². The Labute approximate surface area is 86.2 Å². The molecule has 0 radical (unpaired) electrons. The summed E-state index contributed by atoms with van der Waals surface area (Å²) in [5.41, 5.74) is 0.0563. The van der Waals surface area contributed by atoms with E-state index in [9.17, 15) is 17.2 Å². The van der Waals surface area contributed by atoms with Crippen molar-refractivity contribution >= 4 is 15.7 Å². The highest BCUT2D eigenvalue weighted by Gasteiger charge is 2.35. The Balaban J connectivity index is 2.21. The summed E-state index contributed by atoms with van der Waals surface area (Å²) in [6.45, 7) is 0. The van der Waals surface area contributed by atoms with Gasteiger partial charge in [0.1, 0.15) is 0 Å². The van der Waals surface area contributed by atoms with Gasteiger partial charge in [0.05, 0.1) is 10.9 Å². The molecule has 1 aromatic rings. The maximum absolute atomic E-state index is 12.8. The number of sulfonamides is 1. The Morgan fingerprint density at radius 3 is 2.40 bits per heavy atom. The first kappa shape index (κ1) is 10.4. The molecule has 6 heteroatoms. The highest BCUT2D eigenvalue weighted by atomic mass is 32.2. The maximum Gasteiger partial charge on any atom is 0.235 e. The van der Waals surface area contributed by atoms with Gasteiger partial charge in [-0.15, -0.1) is 0 Å². The minimum Gasteiger partial charge on any atom is -0.283 e. The standard InChI is InChI=1S/C9H9F2NO2S/c10-8-4-1-6(5-9(8)11)12-15(13,14)7-2-3-7/h1,4-5,7,12H,2-3H2. The van der Waals surface area contributed by atoms with Crippen LogP contribution in [0.1, 0.15) is 12.8 Å². The van der Waals surface area contributed by atoms with Crippen LogP contribution in [0, 0.1) is 11.6 Å². The van der Waals surface area contributed by atoms with E-state index < -0.39 is 21.7 Å². The van der Waals surface area contributed by atoms with Crippen LogP contribution in [0.5, 0.6) is 0 Å². The minimum absolute atomic E-state index is 0.0563. The first-order valence-corrected chi connectivity index (χ1v) is 6.00. The van der Waals surface area contributed by atoms with Crippen molar-refractivity contribution in [3.8, 4) is 0 Å². The van der Waals surface area contributed by atoms with Gasteiger partial charge < -0.3 is 0 Å². The molecule has 0 spiro atoms. The van der Waals surface area contributed by atoms with Gasteiger partial charge in [-0.1, -0.05) is 0 Å². The third-order valence-electron chi connectivity index (χ3n) is 2.14. The molecule has 0 saturated heterocycles. The molecule has 0 unspecified atom stereocenters. The first-order chi connectivity index (χ1) is 6.99. The van der Waals surface area contributed by atoms with Gasteiger partial charge in [0.15, 0.2) is 11.6 Å². The molecule has 0 atom stereocenters. The molecule has 1 aliphatic carbocycles. The van der Waals surface area contributed by atoms with Crippen LogP contribution in [0.15, 0.2) is 18.2 Å². The number of benzene rings is 1. The van der Waals surface area contributed by atoms with Crippen molar-refractivity contribution in [3.63, 3.8) is 0 Å². The zero-order valence-corrected chi connectivity index (χ0v) is 8.52. The summed E-state index contributed by atoms with van der Waals surface area (Å²) >= 11 is 0. The van der Waals surface area contributed by atoms with E-state index in [2.05, 4.69) is 4.72 Å². The molecule has 0 aromatic heterocycles. The van der Waals surface area contributed by atoms with Crippen LogP contribution in [0.2, 0.25) is 0 Å². The van der Waals surface area contributed by atoms with Gasteiger partial charge in [-0.3, -0.25) is 4.72 Å². The molecule has 1 fully saturated rings. The van der Waals surface area contributed by atoms with Crippen LogP contribution in [0.4, 0.5) is 14.5 Å². The lowest BCUT2D eigenvalue weighted by atomic mass is 10.3.